The zero-order chi connectivity index (χ0) is 21.7. The van der Waals surface area contributed by atoms with Crippen molar-refractivity contribution in [3.8, 4) is 16.9 Å². The van der Waals surface area contributed by atoms with Crippen molar-refractivity contribution in [2.24, 2.45) is 0 Å². The van der Waals surface area contributed by atoms with Gasteiger partial charge in [-0.3, -0.25) is 0 Å². The normalized spacial score (nSPS) is 12.4. The van der Waals surface area contributed by atoms with E-state index in [0.717, 1.165) is 32.7 Å². The van der Waals surface area contributed by atoms with Gasteiger partial charge in [0.2, 0.25) is 0 Å². The second kappa shape index (κ2) is 7.02. The Morgan fingerprint density at radius 2 is 1.20 bits per heavy atom. The van der Waals surface area contributed by atoms with Crippen LogP contribution in [0.5, 0.6) is 5.75 Å². The highest BCUT2D eigenvalue weighted by atomic mass is 32.2. The first kappa shape index (κ1) is 20.2. The summed E-state index contributed by atoms with van der Waals surface area (Å²) < 4.78 is 65.2. The number of rotatable bonds is 3. The van der Waals surface area contributed by atoms with Crippen LogP contribution in [0.4, 0.5) is 13.2 Å². The molecule has 0 radical (unpaired) electrons. The van der Waals surface area contributed by atoms with Gasteiger partial charge in [0.1, 0.15) is 5.75 Å². The standard InChI is InChI=1S/C23H17F3O3S/c1-14-11-18(29-30(27,28)23(24,25)26)12-15(2)21(14)22-19-9-5-3-7-16(19)13-17-8-4-6-10-20(17)22/h3-13H,1-2H3. The molecule has 4 aromatic carbocycles. The zero-order valence-corrected chi connectivity index (χ0v) is 16.9. The predicted molar refractivity (Wildman–Crippen MR) is 112 cm³/mol. The molecule has 0 spiro atoms. The summed E-state index contributed by atoms with van der Waals surface area (Å²) in [6.45, 7) is 3.46. The van der Waals surface area contributed by atoms with Crippen LogP contribution in [-0.4, -0.2) is 13.9 Å². The molecule has 0 unspecified atom stereocenters. The fraction of sp³-hybridized carbons (Fsp3) is 0.130. The van der Waals surface area contributed by atoms with E-state index in [1.54, 1.807) is 13.8 Å². The zero-order valence-electron chi connectivity index (χ0n) is 16.1. The van der Waals surface area contributed by atoms with Crippen LogP contribution in [-0.2, 0) is 10.1 Å². The van der Waals surface area contributed by atoms with Gasteiger partial charge in [0.05, 0.1) is 0 Å². The Morgan fingerprint density at radius 3 is 1.67 bits per heavy atom. The molecule has 0 fully saturated rings. The summed E-state index contributed by atoms with van der Waals surface area (Å²) >= 11 is 0. The van der Waals surface area contributed by atoms with Crippen molar-refractivity contribution < 1.29 is 25.8 Å². The summed E-state index contributed by atoms with van der Waals surface area (Å²) in [4.78, 5) is 0. The summed E-state index contributed by atoms with van der Waals surface area (Å²) in [5, 5.41) is 4.06. The minimum Gasteiger partial charge on any atom is -0.376 e. The number of halogens is 3. The van der Waals surface area contributed by atoms with Crippen LogP contribution in [0.3, 0.4) is 0 Å². The van der Waals surface area contributed by atoms with E-state index in [0.29, 0.717) is 11.1 Å². The van der Waals surface area contributed by atoms with Crippen LogP contribution in [0.25, 0.3) is 32.7 Å². The first-order valence-electron chi connectivity index (χ1n) is 9.11. The molecule has 0 N–H and O–H groups in total. The lowest BCUT2D eigenvalue weighted by Crippen LogP contribution is -2.28. The van der Waals surface area contributed by atoms with E-state index in [2.05, 4.69) is 10.2 Å². The van der Waals surface area contributed by atoms with E-state index in [1.807, 2.05) is 48.5 Å². The largest absolute Gasteiger partial charge is 0.534 e. The molecule has 3 nitrogen and oxygen atoms in total. The molecular weight excluding hydrogens is 413 g/mol. The lowest BCUT2D eigenvalue weighted by Gasteiger charge is -2.18. The van der Waals surface area contributed by atoms with E-state index in [4.69, 9.17) is 0 Å². The minimum absolute atomic E-state index is 0.365. The predicted octanol–water partition coefficient (Wildman–Crippen LogP) is 6.51. The van der Waals surface area contributed by atoms with Crippen molar-refractivity contribution in [1.82, 2.24) is 0 Å². The monoisotopic (exact) mass is 430 g/mol. The van der Waals surface area contributed by atoms with Gasteiger partial charge < -0.3 is 4.18 Å². The van der Waals surface area contributed by atoms with Crippen molar-refractivity contribution in [2.75, 3.05) is 0 Å². The van der Waals surface area contributed by atoms with Gasteiger partial charge in [0, 0.05) is 0 Å². The van der Waals surface area contributed by atoms with Gasteiger partial charge in [0.15, 0.2) is 0 Å². The fourth-order valence-electron chi connectivity index (χ4n) is 3.82. The maximum Gasteiger partial charge on any atom is 0.534 e. The van der Waals surface area contributed by atoms with Gasteiger partial charge in [-0.15, -0.1) is 0 Å². The molecular formula is C23H17F3O3S. The van der Waals surface area contributed by atoms with Crippen molar-refractivity contribution >= 4 is 31.7 Å². The molecule has 0 aromatic heterocycles. The Bertz CT molecular complexity index is 1310. The van der Waals surface area contributed by atoms with Gasteiger partial charge in [0.25, 0.3) is 0 Å². The number of hydrogen-bond acceptors (Lipinski definition) is 3. The van der Waals surface area contributed by atoms with Crippen molar-refractivity contribution in [3.05, 3.63) is 77.9 Å². The highest BCUT2D eigenvalue weighted by Crippen LogP contribution is 2.41. The second-order valence-electron chi connectivity index (χ2n) is 7.11. The first-order chi connectivity index (χ1) is 14.1. The Hall–Kier alpha value is -3.06. The maximum absolute atomic E-state index is 12.7. The van der Waals surface area contributed by atoms with E-state index < -0.39 is 15.6 Å². The Morgan fingerprint density at radius 1 is 0.733 bits per heavy atom. The van der Waals surface area contributed by atoms with E-state index in [1.165, 1.54) is 12.1 Å². The fourth-order valence-corrected chi connectivity index (χ4v) is 4.27. The highest BCUT2D eigenvalue weighted by molar-refractivity contribution is 7.88. The van der Waals surface area contributed by atoms with E-state index in [9.17, 15) is 21.6 Å². The molecule has 0 atom stereocenters. The number of alkyl halides is 3. The summed E-state index contributed by atoms with van der Waals surface area (Å²) in [6.07, 6.45) is 0. The van der Waals surface area contributed by atoms with Crippen molar-refractivity contribution in [1.29, 1.82) is 0 Å². The lowest BCUT2D eigenvalue weighted by molar-refractivity contribution is -0.0500. The highest BCUT2D eigenvalue weighted by Gasteiger charge is 2.48. The molecule has 0 amide bonds. The lowest BCUT2D eigenvalue weighted by atomic mass is 9.87. The van der Waals surface area contributed by atoms with E-state index >= 15 is 0 Å². The molecule has 0 aliphatic rings. The SMILES string of the molecule is Cc1cc(OS(=O)(=O)C(F)(F)F)cc(C)c1-c1c2ccccc2cc2ccccc12. The molecule has 0 bridgehead atoms. The summed E-state index contributed by atoms with van der Waals surface area (Å²) in [7, 11) is -5.73. The third-order valence-corrected chi connectivity index (χ3v) is 6.00. The number of fused-ring (bicyclic) bond motifs is 2. The van der Waals surface area contributed by atoms with Crippen LogP contribution in [0.1, 0.15) is 11.1 Å². The number of hydrogen-bond donors (Lipinski definition) is 0. The third kappa shape index (κ3) is 3.39. The molecule has 4 aromatic rings. The van der Waals surface area contributed by atoms with Gasteiger partial charge in [-0.05, 0) is 75.8 Å². The Balaban J connectivity index is 1.97. The molecule has 0 aliphatic carbocycles. The number of aryl methyl sites for hydroxylation is 2. The molecule has 0 saturated heterocycles. The Kier molecular flexibility index (Phi) is 4.73. The Labute approximate surface area is 171 Å². The smallest absolute Gasteiger partial charge is 0.376 e. The number of benzene rings is 4. The maximum atomic E-state index is 12.7. The molecule has 154 valence electrons. The second-order valence-corrected chi connectivity index (χ2v) is 8.65. The minimum atomic E-state index is -5.73. The van der Waals surface area contributed by atoms with Gasteiger partial charge in [-0.2, -0.15) is 21.6 Å². The van der Waals surface area contributed by atoms with Crippen LogP contribution in [0.15, 0.2) is 66.7 Å². The summed E-state index contributed by atoms with van der Waals surface area (Å²) in [5.74, 6) is -0.365. The van der Waals surface area contributed by atoms with Gasteiger partial charge in [-0.1, -0.05) is 48.5 Å². The molecule has 0 aliphatic heterocycles. The van der Waals surface area contributed by atoms with Crippen LogP contribution >= 0.6 is 0 Å². The van der Waals surface area contributed by atoms with Crippen LogP contribution in [0, 0.1) is 13.8 Å². The average Bonchev–Trinajstić information content (AvgIpc) is 2.65. The van der Waals surface area contributed by atoms with Crippen molar-refractivity contribution in [3.63, 3.8) is 0 Å². The molecule has 4 rings (SSSR count). The van der Waals surface area contributed by atoms with Gasteiger partial charge in [-0.25, -0.2) is 0 Å². The van der Waals surface area contributed by atoms with Gasteiger partial charge >= 0.3 is 15.6 Å². The molecule has 0 heterocycles. The summed E-state index contributed by atoms with van der Waals surface area (Å²) in [5.41, 5.74) is -2.48. The summed E-state index contributed by atoms with van der Waals surface area (Å²) in [6, 6.07) is 20.5. The quantitative estimate of drug-likeness (QED) is 0.212. The van der Waals surface area contributed by atoms with Crippen LogP contribution < -0.4 is 4.18 Å². The molecule has 30 heavy (non-hydrogen) atoms. The molecule has 7 heteroatoms. The van der Waals surface area contributed by atoms with Crippen molar-refractivity contribution in [2.45, 2.75) is 19.4 Å². The molecule has 0 saturated carbocycles. The van der Waals surface area contributed by atoms with Crippen LogP contribution in [0.2, 0.25) is 0 Å². The average molecular weight is 430 g/mol. The third-order valence-electron chi connectivity index (χ3n) is 5.02. The first-order valence-corrected chi connectivity index (χ1v) is 10.5. The topological polar surface area (TPSA) is 43.4 Å². The van der Waals surface area contributed by atoms with E-state index in [-0.39, 0.29) is 5.75 Å².